The van der Waals surface area contributed by atoms with Gasteiger partial charge in [0.25, 0.3) is 0 Å². The summed E-state index contributed by atoms with van der Waals surface area (Å²) in [4.78, 5) is 8.68. The molecule has 0 spiro atoms. The van der Waals surface area contributed by atoms with Crippen molar-refractivity contribution in [3.05, 3.63) is 61.3 Å². The first kappa shape index (κ1) is 13.6. The molecular weight excluding hydrogens is 292 g/mol. The van der Waals surface area contributed by atoms with Gasteiger partial charge in [-0.1, -0.05) is 0 Å². The van der Waals surface area contributed by atoms with Gasteiger partial charge in [0.1, 0.15) is 12.5 Å². The summed E-state index contributed by atoms with van der Waals surface area (Å²) in [6, 6.07) is 9.77. The largest absolute Gasteiger partial charge is 0.300 e. The predicted molar refractivity (Wildman–Crippen MR) is 86.1 cm³/mol. The lowest BCUT2D eigenvalue weighted by Gasteiger charge is -2.05. The molecule has 0 aliphatic rings. The number of hydrogen-bond acceptors (Lipinski definition) is 3. The smallest absolute Gasteiger partial charge is 0.137 e. The molecule has 6 heteroatoms. The molecule has 0 aliphatic heterocycles. The molecule has 0 amide bonds. The summed E-state index contributed by atoms with van der Waals surface area (Å²) in [6.45, 7) is -0.152. The molecule has 0 saturated heterocycles. The van der Waals surface area contributed by atoms with Crippen LogP contribution in [0.5, 0.6) is 0 Å². The molecule has 0 fully saturated rings. The summed E-state index contributed by atoms with van der Waals surface area (Å²) in [7, 11) is 0. The third kappa shape index (κ3) is 2.48. The molecule has 0 atom stereocenters. The molecular formula is C17H14FN5. The van der Waals surface area contributed by atoms with Crippen molar-refractivity contribution in [2.45, 2.75) is 6.54 Å². The number of alkyl halides is 1. The fourth-order valence-corrected chi connectivity index (χ4v) is 2.58. The van der Waals surface area contributed by atoms with Crippen LogP contribution < -0.4 is 0 Å². The van der Waals surface area contributed by atoms with Gasteiger partial charge in [0.2, 0.25) is 0 Å². The van der Waals surface area contributed by atoms with E-state index >= 15 is 0 Å². The van der Waals surface area contributed by atoms with Crippen molar-refractivity contribution in [2.24, 2.45) is 0 Å². The predicted octanol–water partition coefficient (Wildman–Crippen LogP) is 3.25. The second-order valence-electron chi connectivity index (χ2n) is 5.18. The van der Waals surface area contributed by atoms with Crippen molar-refractivity contribution in [2.75, 3.05) is 6.67 Å². The number of aryl methyl sites for hydroxylation is 1. The lowest BCUT2D eigenvalue weighted by atomic mass is 10.2. The Hall–Kier alpha value is -3.02. The molecule has 0 N–H and O–H groups in total. The van der Waals surface area contributed by atoms with Crippen LogP contribution in [0.2, 0.25) is 0 Å². The van der Waals surface area contributed by atoms with Crippen LogP contribution >= 0.6 is 0 Å². The Labute approximate surface area is 132 Å². The van der Waals surface area contributed by atoms with E-state index in [2.05, 4.69) is 15.1 Å². The molecule has 4 aromatic heterocycles. The van der Waals surface area contributed by atoms with E-state index in [4.69, 9.17) is 0 Å². The van der Waals surface area contributed by atoms with Crippen LogP contribution in [0.3, 0.4) is 0 Å². The molecule has 4 rings (SSSR count). The molecule has 4 aromatic rings. The minimum atomic E-state index is -0.424. The number of halogens is 1. The van der Waals surface area contributed by atoms with Gasteiger partial charge in [0.15, 0.2) is 0 Å². The van der Waals surface area contributed by atoms with Gasteiger partial charge in [-0.3, -0.25) is 14.2 Å². The number of pyridine rings is 2. The van der Waals surface area contributed by atoms with Crippen LogP contribution in [0.1, 0.15) is 0 Å². The summed E-state index contributed by atoms with van der Waals surface area (Å²) in [5.74, 6) is 0.819. The SMILES string of the molecule is [18F]CCn1ccc(-c2ccc(-n3ccc4ccncc43)nc2)n1. The molecule has 4 heterocycles. The molecule has 0 radical (unpaired) electrons. The first-order valence-corrected chi connectivity index (χ1v) is 7.32. The fraction of sp³-hybridized carbons (Fsp3) is 0.118. The lowest BCUT2D eigenvalue weighted by Crippen LogP contribution is -2.00. The van der Waals surface area contributed by atoms with Gasteiger partial charge in [-0.2, -0.15) is 5.10 Å². The van der Waals surface area contributed by atoms with Crippen LogP contribution in [-0.2, 0) is 6.54 Å². The maximum atomic E-state index is 12.3. The number of rotatable bonds is 4. The van der Waals surface area contributed by atoms with Crippen LogP contribution in [0.15, 0.2) is 61.3 Å². The number of fused-ring (bicyclic) bond motifs is 1. The van der Waals surface area contributed by atoms with Crippen molar-refractivity contribution < 1.29 is 4.39 Å². The Kier molecular flexibility index (Phi) is 3.34. The van der Waals surface area contributed by atoms with Crippen LogP contribution in [0, 0.1) is 0 Å². The summed E-state index contributed by atoms with van der Waals surface area (Å²) in [6.07, 6.45) is 9.12. The van der Waals surface area contributed by atoms with Gasteiger partial charge >= 0.3 is 0 Å². The standard InChI is InChI=1S/C17H14FN5/c18-6-10-22-8-5-15(21-22)14-1-2-17(20-11-14)23-9-4-13-3-7-19-12-16(13)23/h1-5,7-9,11-12H,6,10H2/i18-1. The highest BCUT2D eigenvalue weighted by Crippen LogP contribution is 2.21. The highest BCUT2D eigenvalue weighted by molar-refractivity contribution is 5.80. The molecule has 0 aliphatic carbocycles. The van der Waals surface area contributed by atoms with E-state index in [1.165, 1.54) is 0 Å². The van der Waals surface area contributed by atoms with Gasteiger partial charge in [-0.15, -0.1) is 0 Å². The third-order valence-electron chi connectivity index (χ3n) is 3.74. The number of hydrogen-bond donors (Lipinski definition) is 0. The van der Waals surface area contributed by atoms with Crippen molar-refractivity contribution in [1.29, 1.82) is 0 Å². The summed E-state index contributed by atoms with van der Waals surface area (Å²) >= 11 is 0. The maximum Gasteiger partial charge on any atom is 0.137 e. The Morgan fingerprint density at radius 3 is 2.78 bits per heavy atom. The van der Waals surface area contributed by atoms with Crippen molar-refractivity contribution in [1.82, 2.24) is 24.3 Å². The Bertz CT molecular complexity index is 939. The molecule has 0 aromatic carbocycles. The Morgan fingerprint density at radius 1 is 1.00 bits per heavy atom. The topological polar surface area (TPSA) is 48.5 Å². The van der Waals surface area contributed by atoms with Gasteiger partial charge in [-0.25, -0.2) is 9.37 Å². The van der Waals surface area contributed by atoms with Crippen LogP contribution in [0.4, 0.5) is 4.39 Å². The van der Waals surface area contributed by atoms with E-state index in [0.29, 0.717) is 0 Å². The molecule has 0 bridgehead atoms. The quantitative estimate of drug-likeness (QED) is 0.581. The number of aromatic nitrogens is 5. The van der Waals surface area contributed by atoms with E-state index in [1.54, 1.807) is 23.3 Å². The first-order valence-electron chi connectivity index (χ1n) is 7.32. The van der Waals surface area contributed by atoms with E-state index in [1.807, 2.05) is 47.3 Å². The van der Waals surface area contributed by atoms with Gasteiger partial charge in [0, 0.05) is 35.7 Å². The van der Waals surface area contributed by atoms with Crippen molar-refractivity contribution in [3.63, 3.8) is 0 Å². The van der Waals surface area contributed by atoms with E-state index < -0.39 is 6.67 Å². The Balaban J connectivity index is 1.67. The highest BCUT2D eigenvalue weighted by Gasteiger charge is 2.06. The van der Waals surface area contributed by atoms with Crippen molar-refractivity contribution in [3.8, 4) is 17.1 Å². The molecule has 5 nitrogen and oxygen atoms in total. The average molecular weight is 306 g/mol. The fourth-order valence-electron chi connectivity index (χ4n) is 2.58. The van der Waals surface area contributed by atoms with Crippen LogP contribution in [-0.4, -0.2) is 31.0 Å². The molecule has 114 valence electrons. The molecule has 0 unspecified atom stereocenters. The van der Waals surface area contributed by atoms with Gasteiger partial charge in [0.05, 0.1) is 24.0 Å². The third-order valence-corrected chi connectivity index (χ3v) is 3.74. The zero-order valence-electron chi connectivity index (χ0n) is 12.3. The normalized spacial score (nSPS) is 11.2. The second kappa shape index (κ2) is 5.64. The molecule has 23 heavy (non-hydrogen) atoms. The highest BCUT2D eigenvalue weighted by atomic mass is 18.2. The maximum absolute atomic E-state index is 12.3. The van der Waals surface area contributed by atoms with Gasteiger partial charge < -0.3 is 0 Å². The zero-order chi connectivity index (χ0) is 15.6. The van der Waals surface area contributed by atoms with Crippen molar-refractivity contribution >= 4 is 10.9 Å². The Morgan fingerprint density at radius 2 is 1.96 bits per heavy atom. The minimum Gasteiger partial charge on any atom is -0.300 e. The van der Waals surface area contributed by atoms with E-state index in [9.17, 15) is 4.39 Å². The van der Waals surface area contributed by atoms with E-state index in [-0.39, 0.29) is 6.54 Å². The van der Waals surface area contributed by atoms with E-state index in [0.717, 1.165) is 28.0 Å². The summed E-state index contributed by atoms with van der Waals surface area (Å²) in [5, 5.41) is 5.45. The summed E-state index contributed by atoms with van der Waals surface area (Å²) in [5.41, 5.74) is 2.71. The number of nitrogens with zero attached hydrogens (tertiary/aromatic N) is 5. The molecule has 0 saturated carbocycles. The minimum absolute atomic E-state index is 0.272. The monoisotopic (exact) mass is 306 g/mol. The first-order chi connectivity index (χ1) is 11.3. The zero-order valence-corrected chi connectivity index (χ0v) is 12.3. The lowest BCUT2D eigenvalue weighted by molar-refractivity contribution is 0.427. The second-order valence-corrected chi connectivity index (χ2v) is 5.18. The van der Waals surface area contributed by atoms with Gasteiger partial charge in [-0.05, 0) is 30.3 Å². The van der Waals surface area contributed by atoms with Crippen LogP contribution in [0.25, 0.3) is 28.0 Å². The average Bonchev–Trinajstić information content (AvgIpc) is 3.22. The summed E-state index contributed by atoms with van der Waals surface area (Å²) < 4.78 is 15.9.